The summed E-state index contributed by atoms with van der Waals surface area (Å²) >= 11 is 3.25. The van der Waals surface area contributed by atoms with Gasteiger partial charge in [0.1, 0.15) is 11.0 Å². The van der Waals surface area contributed by atoms with Crippen molar-refractivity contribution in [3.63, 3.8) is 0 Å². The normalized spacial score (nSPS) is 29.6. The zero-order valence-electron chi connectivity index (χ0n) is 16.4. The Balaban J connectivity index is 1.77. The van der Waals surface area contributed by atoms with Gasteiger partial charge in [0.2, 0.25) is 11.1 Å². The van der Waals surface area contributed by atoms with Crippen molar-refractivity contribution in [2.75, 3.05) is 30.1 Å². The van der Waals surface area contributed by atoms with E-state index in [-0.39, 0.29) is 23.0 Å². The van der Waals surface area contributed by atoms with Crippen LogP contribution in [0.5, 0.6) is 0 Å². The molecule has 3 heterocycles. The van der Waals surface area contributed by atoms with Crippen LogP contribution in [0.2, 0.25) is 0 Å². The van der Waals surface area contributed by atoms with Crippen LogP contribution >= 0.6 is 35.3 Å². The van der Waals surface area contributed by atoms with Gasteiger partial charge in [-0.25, -0.2) is 9.48 Å². The van der Waals surface area contributed by atoms with E-state index in [1.165, 1.54) is 11.8 Å². The first-order valence-corrected chi connectivity index (χ1v) is 11.9. The molecule has 0 spiro atoms. The molecule has 3 N–H and O–H groups in total. The van der Waals surface area contributed by atoms with Gasteiger partial charge >= 0.3 is 5.97 Å². The Hall–Kier alpha value is -2.06. The number of carboxylic acid groups (broad SMARTS) is 1. The number of carbonyl (C=O) groups excluding carboxylic acids is 2. The van der Waals surface area contributed by atoms with Crippen molar-refractivity contribution in [2.24, 2.45) is 7.05 Å². The maximum atomic E-state index is 13.0. The Bertz CT molecular complexity index is 925. The number of aliphatic hydroxyl groups is 1. The molecule has 0 saturated carbocycles. The number of carboxylic acids is 1. The van der Waals surface area contributed by atoms with Crippen molar-refractivity contribution < 1.29 is 29.3 Å². The summed E-state index contributed by atoms with van der Waals surface area (Å²) < 4.78 is 6.72. The fourth-order valence-electron chi connectivity index (χ4n) is 3.33. The van der Waals surface area contributed by atoms with Crippen LogP contribution in [0.25, 0.3) is 0 Å². The van der Waals surface area contributed by atoms with Crippen LogP contribution in [-0.4, -0.2) is 106 Å². The summed E-state index contributed by atoms with van der Waals surface area (Å²) in [6, 6.07) is 0.350. The quantitative estimate of drug-likeness (QED) is 0.152. The van der Waals surface area contributed by atoms with Gasteiger partial charge in [-0.2, -0.15) is 5.26 Å². The highest BCUT2D eigenvalue weighted by Gasteiger charge is 2.71. The first-order valence-electron chi connectivity index (χ1n) is 8.75. The van der Waals surface area contributed by atoms with Crippen LogP contribution in [0.4, 0.5) is 0 Å². The van der Waals surface area contributed by atoms with Crippen LogP contribution in [0.15, 0.2) is 5.16 Å². The Morgan fingerprint density at radius 3 is 2.84 bits per heavy atom. The zero-order valence-corrected chi connectivity index (χ0v) is 18.9. The first-order chi connectivity index (χ1) is 14.7. The van der Waals surface area contributed by atoms with E-state index < -0.39 is 40.5 Å². The molecule has 1 aromatic rings. The number of nitriles is 1. The lowest BCUT2D eigenvalue weighted by Crippen LogP contribution is -2.86. The number of ether oxygens (including phenoxy) is 1. The minimum absolute atomic E-state index is 0.0269. The minimum Gasteiger partial charge on any atom is -0.480 e. The smallest absolute Gasteiger partial charge is 0.329 e. The molecule has 2 aliphatic heterocycles. The van der Waals surface area contributed by atoms with E-state index in [4.69, 9.17) is 10.00 Å². The average Bonchev–Trinajstić information content (AvgIpc) is 3.14. The van der Waals surface area contributed by atoms with Crippen molar-refractivity contribution >= 4 is 53.1 Å². The number of aryl methyl sites for hydroxylation is 1. The van der Waals surface area contributed by atoms with E-state index in [2.05, 4.69) is 20.8 Å². The van der Waals surface area contributed by atoms with Crippen molar-refractivity contribution in [3.05, 3.63) is 0 Å². The standard InChI is InChI=1S/C15H19N7O6S3/c1-21-13(18-19-20-21)31-7-14(27)6-30-12-15(28-2,17-8(23)5-29-4-3-16)11(26)22(12)9(14)10(24)25/h9,12,27H,4-7H2,1-2H3,(H,17,23)(H,24,25)/t9?,12-,14?,15+/m1/s1. The third-order valence-corrected chi connectivity index (χ3v) is 8.33. The predicted octanol–water partition coefficient (Wildman–Crippen LogP) is -1.88. The van der Waals surface area contributed by atoms with Gasteiger partial charge in [-0.15, -0.1) is 28.6 Å². The summed E-state index contributed by atoms with van der Waals surface area (Å²) in [5, 5.41) is 42.6. The number of tetrazole rings is 1. The van der Waals surface area contributed by atoms with Gasteiger partial charge in [-0.3, -0.25) is 9.59 Å². The number of aromatic nitrogens is 4. The number of aliphatic carboxylic acids is 1. The third-order valence-electron chi connectivity index (χ3n) is 4.74. The highest BCUT2D eigenvalue weighted by atomic mass is 32.2. The summed E-state index contributed by atoms with van der Waals surface area (Å²) in [6.07, 6.45) is 0. The summed E-state index contributed by atoms with van der Waals surface area (Å²) in [7, 11) is 2.85. The highest BCUT2D eigenvalue weighted by Crippen LogP contribution is 2.48. The number of carbonyl (C=O) groups is 3. The number of hydrogen-bond acceptors (Lipinski definition) is 12. The summed E-state index contributed by atoms with van der Waals surface area (Å²) in [6.45, 7) is 0. The molecule has 31 heavy (non-hydrogen) atoms. The molecule has 3 rings (SSSR count). The van der Waals surface area contributed by atoms with Crippen molar-refractivity contribution in [1.29, 1.82) is 5.26 Å². The van der Waals surface area contributed by atoms with Gasteiger partial charge in [0.15, 0.2) is 6.04 Å². The molecular formula is C15H19N7O6S3. The lowest BCUT2D eigenvalue weighted by molar-refractivity contribution is -0.213. The Kier molecular flexibility index (Phi) is 7.01. The number of nitrogens with zero attached hydrogens (tertiary/aromatic N) is 6. The number of β-lactam (4-membered cyclic amide) rings is 1. The fourth-order valence-corrected chi connectivity index (χ4v) is 6.45. The monoisotopic (exact) mass is 489 g/mol. The fraction of sp³-hybridized carbons (Fsp3) is 0.667. The molecule has 16 heteroatoms. The number of rotatable bonds is 9. The number of thioether (sulfide) groups is 3. The average molecular weight is 490 g/mol. The first kappa shape index (κ1) is 23.6. The number of methoxy groups -OCH3 is 1. The van der Waals surface area contributed by atoms with E-state index in [9.17, 15) is 24.6 Å². The molecule has 0 aromatic carbocycles. The van der Waals surface area contributed by atoms with Gasteiger partial charge in [-0.05, 0) is 10.4 Å². The molecule has 0 radical (unpaired) electrons. The SMILES string of the molecule is CO[C@@]1(NC(=O)CSCC#N)C(=O)N2C(C(=O)O)C(O)(CSc3nnnn3C)CS[C@@H]21. The van der Waals surface area contributed by atoms with Crippen LogP contribution in [-0.2, 0) is 26.2 Å². The van der Waals surface area contributed by atoms with Gasteiger partial charge < -0.3 is 25.2 Å². The lowest BCUT2D eigenvalue weighted by Gasteiger charge is -2.60. The summed E-state index contributed by atoms with van der Waals surface area (Å²) in [5.74, 6) is -2.70. The predicted molar refractivity (Wildman–Crippen MR) is 110 cm³/mol. The summed E-state index contributed by atoms with van der Waals surface area (Å²) in [5.41, 5.74) is -3.50. The Morgan fingerprint density at radius 1 is 1.52 bits per heavy atom. The molecule has 2 amide bonds. The molecule has 0 bridgehead atoms. The van der Waals surface area contributed by atoms with Gasteiger partial charge in [0.25, 0.3) is 11.6 Å². The molecule has 2 aliphatic rings. The molecule has 0 aliphatic carbocycles. The molecule has 13 nitrogen and oxygen atoms in total. The van der Waals surface area contributed by atoms with Gasteiger partial charge in [-0.1, -0.05) is 11.8 Å². The van der Waals surface area contributed by atoms with E-state index in [0.717, 1.165) is 40.2 Å². The number of hydrogen-bond donors (Lipinski definition) is 3. The molecule has 1 aromatic heterocycles. The van der Waals surface area contributed by atoms with Crippen LogP contribution in [0.3, 0.4) is 0 Å². The van der Waals surface area contributed by atoms with Crippen LogP contribution in [0, 0.1) is 11.3 Å². The maximum Gasteiger partial charge on any atom is 0.329 e. The minimum atomic E-state index is -1.77. The van der Waals surface area contributed by atoms with Gasteiger partial charge in [0.05, 0.1) is 17.6 Å². The van der Waals surface area contributed by atoms with Crippen LogP contribution < -0.4 is 5.32 Å². The number of amides is 2. The van der Waals surface area contributed by atoms with Crippen molar-refractivity contribution in [1.82, 2.24) is 30.4 Å². The largest absolute Gasteiger partial charge is 0.480 e. The second-order valence-electron chi connectivity index (χ2n) is 6.73. The number of fused-ring (bicyclic) bond motifs is 1. The zero-order chi connectivity index (χ0) is 22.8. The topological polar surface area (TPSA) is 184 Å². The third kappa shape index (κ3) is 4.20. The maximum absolute atomic E-state index is 13.0. The van der Waals surface area contributed by atoms with E-state index in [0.29, 0.717) is 5.16 Å². The van der Waals surface area contributed by atoms with E-state index >= 15 is 0 Å². The Morgan fingerprint density at radius 2 is 2.26 bits per heavy atom. The Labute approximate surface area is 189 Å². The van der Waals surface area contributed by atoms with E-state index in [1.807, 2.05) is 6.07 Å². The molecule has 168 valence electrons. The highest BCUT2D eigenvalue weighted by molar-refractivity contribution is 8.01. The second-order valence-corrected chi connectivity index (χ2v) is 9.73. The van der Waals surface area contributed by atoms with E-state index in [1.54, 1.807) is 7.05 Å². The molecular weight excluding hydrogens is 470 g/mol. The summed E-state index contributed by atoms with van der Waals surface area (Å²) in [4.78, 5) is 38.3. The van der Waals surface area contributed by atoms with Crippen molar-refractivity contribution in [3.8, 4) is 6.07 Å². The van der Waals surface area contributed by atoms with Gasteiger partial charge in [0, 0.05) is 25.7 Å². The van der Waals surface area contributed by atoms with Crippen LogP contribution in [0.1, 0.15) is 0 Å². The molecule has 4 atom stereocenters. The molecule has 2 unspecified atom stereocenters. The molecule has 2 fully saturated rings. The number of nitrogens with one attached hydrogen (secondary N) is 1. The van der Waals surface area contributed by atoms with Crippen molar-refractivity contribution in [2.45, 2.75) is 27.9 Å². The lowest BCUT2D eigenvalue weighted by atomic mass is 9.89. The second kappa shape index (κ2) is 9.20. The molecule has 2 saturated heterocycles.